The zero-order valence-electron chi connectivity index (χ0n) is 27.2. The number of rotatable bonds is 22. The molecule has 2 aliphatic rings. The Labute approximate surface area is 276 Å². The molecule has 11 atom stereocenters. The number of hydrogen-bond donors (Lipinski definition) is 8. The summed E-state index contributed by atoms with van der Waals surface area (Å²) in [4.78, 5) is 12.5. The molecule has 0 unspecified atom stereocenters. The number of ether oxygens (including phenoxy) is 5. The Morgan fingerprint density at radius 3 is 1.81 bits per heavy atom. The van der Waals surface area contributed by atoms with Crippen molar-refractivity contribution in [3.63, 3.8) is 0 Å². The van der Waals surface area contributed by atoms with Crippen LogP contribution in [0.4, 0.5) is 0 Å². The van der Waals surface area contributed by atoms with E-state index in [4.69, 9.17) is 23.7 Å². The molecule has 0 spiro atoms. The Morgan fingerprint density at radius 1 is 0.660 bits per heavy atom. The molecule has 0 bridgehead atoms. The van der Waals surface area contributed by atoms with E-state index in [2.05, 4.69) is 43.4 Å². The number of aliphatic hydroxyl groups is 8. The molecule has 0 aromatic rings. The number of hydrogen-bond acceptors (Lipinski definition) is 14. The summed E-state index contributed by atoms with van der Waals surface area (Å²) in [5.74, 6) is -0.513. The lowest BCUT2D eigenvalue weighted by Gasteiger charge is -2.41. The van der Waals surface area contributed by atoms with Crippen molar-refractivity contribution in [1.82, 2.24) is 0 Å². The van der Waals surface area contributed by atoms with Crippen LogP contribution in [0.25, 0.3) is 0 Å². The van der Waals surface area contributed by atoms with Crippen molar-refractivity contribution in [1.29, 1.82) is 0 Å². The van der Waals surface area contributed by atoms with Crippen LogP contribution in [-0.4, -0.2) is 141 Å². The summed E-state index contributed by atoms with van der Waals surface area (Å²) in [6.45, 7) is -0.0880. The molecule has 14 heteroatoms. The fraction of sp³-hybridized carbons (Fsp3) is 0.788. The van der Waals surface area contributed by atoms with Gasteiger partial charge in [0.2, 0.25) is 0 Å². The van der Waals surface area contributed by atoms with E-state index >= 15 is 0 Å². The Bertz CT molecular complexity index is 925. The van der Waals surface area contributed by atoms with E-state index in [1.807, 2.05) is 0 Å². The molecule has 2 saturated heterocycles. The van der Waals surface area contributed by atoms with Gasteiger partial charge in [-0.05, 0) is 38.5 Å². The quantitative estimate of drug-likeness (QED) is 0.0433. The number of aliphatic hydroxyl groups excluding tert-OH is 8. The average Bonchev–Trinajstić information content (AvgIpc) is 3.07. The fourth-order valence-electron chi connectivity index (χ4n) is 5.05. The zero-order chi connectivity index (χ0) is 34.6. The molecule has 47 heavy (non-hydrogen) atoms. The molecule has 272 valence electrons. The lowest BCUT2D eigenvalue weighted by atomic mass is 9.99. The Hall–Kier alpha value is -1.79. The fourth-order valence-corrected chi connectivity index (χ4v) is 5.05. The molecule has 0 aromatic heterocycles. The second-order valence-electron chi connectivity index (χ2n) is 11.8. The minimum Gasteiger partial charge on any atom is -0.463 e. The predicted octanol–water partition coefficient (Wildman–Crippen LogP) is 0.121. The molecule has 2 heterocycles. The summed E-state index contributed by atoms with van der Waals surface area (Å²) >= 11 is 0. The van der Waals surface area contributed by atoms with E-state index in [0.29, 0.717) is 6.42 Å². The van der Waals surface area contributed by atoms with Gasteiger partial charge in [0, 0.05) is 6.42 Å². The van der Waals surface area contributed by atoms with Crippen molar-refractivity contribution in [3.8, 4) is 0 Å². The highest BCUT2D eigenvalue weighted by molar-refractivity contribution is 5.69. The molecule has 0 radical (unpaired) electrons. The van der Waals surface area contributed by atoms with E-state index in [-0.39, 0.29) is 6.42 Å². The lowest BCUT2D eigenvalue weighted by molar-refractivity contribution is -0.330. The first-order chi connectivity index (χ1) is 22.6. The van der Waals surface area contributed by atoms with Crippen LogP contribution in [0.3, 0.4) is 0 Å². The largest absolute Gasteiger partial charge is 0.463 e. The minimum absolute atomic E-state index is 0.153. The molecule has 0 amide bonds. The number of esters is 1. The van der Waals surface area contributed by atoms with E-state index < -0.39 is 99.9 Å². The predicted molar refractivity (Wildman–Crippen MR) is 169 cm³/mol. The summed E-state index contributed by atoms with van der Waals surface area (Å²) < 4.78 is 27.3. The van der Waals surface area contributed by atoms with Crippen molar-refractivity contribution in [2.45, 2.75) is 139 Å². The van der Waals surface area contributed by atoms with E-state index in [1.165, 1.54) is 0 Å². The van der Waals surface area contributed by atoms with Crippen LogP contribution in [0, 0.1) is 0 Å². The van der Waals surface area contributed by atoms with Gasteiger partial charge in [0.15, 0.2) is 12.6 Å². The van der Waals surface area contributed by atoms with E-state index in [1.54, 1.807) is 0 Å². The average molecular weight is 677 g/mol. The molecule has 2 fully saturated rings. The van der Waals surface area contributed by atoms with Crippen molar-refractivity contribution >= 4 is 5.97 Å². The second kappa shape index (κ2) is 23.5. The smallest absolute Gasteiger partial charge is 0.305 e. The molecule has 14 nitrogen and oxygen atoms in total. The van der Waals surface area contributed by atoms with E-state index in [0.717, 1.165) is 51.4 Å². The van der Waals surface area contributed by atoms with Gasteiger partial charge in [0.25, 0.3) is 0 Å². The maximum Gasteiger partial charge on any atom is 0.305 e. The topological polar surface area (TPSA) is 225 Å². The van der Waals surface area contributed by atoms with Crippen molar-refractivity contribution in [3.05, 3.63) is 36.5 Å². The molecule has 0 saturated carbocycles. The highest BCUT2D eigenvalue weighted by Gasteiger charge is 2.46. The number of carbonyl (C=O) groups is 1. The van der Waals surface area contributed by atoms with Gasteiger partial charge in [-0.1, -0.05) is 62.6 Å². The molecular weight excluding hydrogens is 620 g/mol. The van der Waals surface area contributed by atoms with Crippen LogP contribution in [0.1, 0.15) is 71.1 Å². The van der Waals surface area contributed by atoms with Crippen molar-refractivity contribution in [2.24, 2.45) is 0 Å². The minimum atomic E-state index is -1.73. The summed E-state index contributed by atoms with van der Waals surface area (Å²) in [5, 5.41) is 79.8. The normalized spacial score (nSPS) is 32.4. The zero-order valence-corrected chi connectivity index (χ0v) is 27.2. The van der Waals surface area contributed by atoms with Gasteiger partial charge < -0.3 is 64.5 Å². The van der Waals surface area contributed by atoms with Crippen molar-refractivity contribution in [2.75, 3.05) is 26.4 Å². The monoisotopic (exact) mass is 676 g/mol. The van der Waals surface area contributed by atoms with Gasteiger partial charge in [-0.15, -0.1) is 0 Å². The lowest BCUT2D eigenvalue weighted by Crippen LogP contribution is -2.60. The van der Waals surface area contributed by atoms with Crippen LogP contribution in [-0.2, 0) is 28.5 Å². The molecule has 2 aliphatic heterocycles. The van der Waals surface area contributed by atoms with Gasteiger partial charge >= 0.3 is 5.97 Å². The first-order valence-electron chi connectivity index (χ1n) is 16.6. The van der Waals surface area contributed by atoms with Crippen LogP contribution in [0.5, 0.6) is 0 Å². The standard InChI is InChI=1S/C33H56O14/c1-2-3-4-5-6-7-8-9-10-11-12-13-14-15-16-17-25(36)43-20-22(45-33-31(42)29(40)27(38)24(19-35)47-33)21-44-32-30(41)28(39)26(37)23(18-34)46-32/h3-4,6-7,9-10,22-24,26-35,37-42H,2,5,8,11-21H2,1H3/b4-3-,7-6-,10-9-/t22-,23-,24-,26+,27+,28+,29+,30-,31-,32-,33-/m1/s1. The summed E-state index contributed by atoms with van der Waals surface area (Å²) in [6, 6.07) is 0. The highest BCUT2D eigenvalue weighted by Crippen LogP contribution is 2.25. The molecule has 8 N–H and O–H groups in total. The third-order valence-electron chi connectivity index (χ3n) is 7.93. The number of carbonyl (C=O) groups excluding carboxylic acids is 1. The van der Waals surface area contributed by atoms with Crippen LogP contribution < -0.4 is 0 Å². The number of unbranched alkanes of at least 4 members (excludes halogenated alkanes) is 5. The molecular formula is C33H56O14. The Balaban J connectivity index is 1.78. The summed E-state index contributed by atoms with van der Waals surface area (Å²) in [6.07, 6.45) is 4.89. The van der Waals surface area contributed by atoms with E-state index in [9.17, 15) is 45.6 Å². The molecule has 2 rings (SSSR count). The van der Waals surface area contributed by atoms with Gasteiger partial charge in [0.05, 0.1) is 19.8 Å². The first kappa shape index (κ1) is 41.4. The summed E-state index contributed by atoms with van der Waals surface area (Å²) in [7, 11) is 0. The second-order valence-corrected chi connectivity index (χ2v) is 11.8. The van der Waals surface area contributed by atoms with Crippen LogP contribution in [0.15, 0.2) is 36.5 Å². The Morgan fingerprint density at radius 2 is 1.19 bits per heavy atom. The van der Waals surface area contributed by atoms with Gasteiger partial charge in [-0.3, -0.25) is 4.79 Å². The van der Waals surface area contributed by atoms with Gasteiger partial charge in [-0.2, -0.15) is 0 Å². The maximum absolute atomic E-state index is 12.5. The highest BCUT2D eigenvalue weighted by atomic mass is 16.7. The molecule has 0 aromatic carbocycles. The SMILES string of the molecule is CC/C=C\C/C=C\C/C=C\CCCCCCCC(=O)OC[C@H](CO[C@@H]1O[C@H](CO)[C@H](O)[C@H](O)[C@H]1O)O[C@@H]1O[C@H](CO)[C@H](O)[C@H](O)[C@H]1O. The Kier molecular flexibility index (Phi) is 20.7. The maximum atomic E-state index is 12.5. The van der Waals surface area contributed by atoms with Gasteiger partial charge in [-0.25, -0.2) is 0 Å². The summed E-state index contributed by atoms with van der Waals surface area (Å²) in [5.41, 5.74) is 0. The first-order valence-corrected chi connectivity index (χ1v) is 16.6. The van der Waals surface area contributed by atoms with Crippen LogP contribution in [0.2, 0.25) is 0 Å². The molecule has 0 aliphatic carbocycles. The van der Waals surface area contributed by atoms with Crippen molar-refractivity contribution < 1.29 is 69.3 Å². The third-order valence-corrected chi connectivity index (χ3v) is 7.93. The van der Waals surface area contributed by atoms with Crippen LogP contribution >= 0.6 is 0 Å². The third kappa shape index (κ3) is 14.7. The van der Waals surface area contributed by atoms with Gasteiger partial charge in [0.1, 0.15) is 61.5 Å². The number of allylic oxidation sites excluding steroid dienone is 6.